The third-order valence-electron chi connectivity index (χ3n) is 1.53. The van der Waals surface area contributed by atoms with Gasteiger partial charge in [0.1, 0.15) is 0 Å². The van der Waals surface area contributed by atoms with E-state index in [4.69, 9.17) is 6.42 Å². The second-order valence-corrected chi connectivity index (χ2v) is 2.54. The Balaban J connectivity index is 3.29. The fourth-order valence-corrected chi connectivity index (χ4v) is 0.738. The van der Waals surface area contributed by atoms with Crippen molar-refractivity contribution in [2.45, 2.75) is 26.2 Å². The molecule has 0 aromatic carbocycles. The van der Waals surface area contributed by atoms with Gasteiger partial charge in [-0.3, -0.25) is 4.79 Å². The number of terminal acetylenes is 1. The van der Waals surface area contributed by atoms with Gasteiger partial charge in [-0.05, 0) is 12.8 Å². The van der Waals surface area contributed by atoms with E-state index in [-0.39, 0.29) is 11.9 Å². The molecule has 0 radical (unpaired) electrons. The normalized spacial score (nSPS) is 11.7. The molecule has 0 aliphatic heterocycles. The zero-order valence-corrected chi connectivity index (χ0v) is 7.09. The molecule has 11 heavy (non-hydrogen) atoms. The molecule has 0 saturated heterocycles. The summed E-state index contributed by atoms with van der Waals surface area (Å²) in [6.07, 6.45) is 7.34. The van der Waals surface area contributed by atoms with Crippen molar-refractivity contribution in [2.24, 2.45) is 5.92 Å². The van der Waals surface area contributed by atoms with E-state index in [2.05, 4.69) is 10.7 Å². The van der Waals surface area contributed by atoms with E-state index < -0.39 is 0 Å². The average Bonchev–Trinajstić information content (AvgIpc) is 2.04. The zero-order chi connectivity index (χ0) is 8.69. The van der Waals surface area contributed by atoms with Crippen LogP contribution in [0.4, 0.5) is 0 Å². The topological polar surface area (TPSA) is 26.3 Å². The minimum absolute atomic E-state index is 0.158. The first-order chi connectivity index (χ1) is 5.20. The summed E-state index contributed by atoms with van der Waals surface area (Å²) in [6.45, 7) is 1.97. The van der Waals surface area contributed by atoms with Gasteiger partial charge in [-0.1, -0.05) is 6.92 Å². The van der Waals surface area contributed by atoms with Crippen LogP contribution in [0, 0.1) is 18.3 Å². The third kappa shape index (κ3) is 5.47. The molecule has 0 fully saturated rings. The quantitative estimate of drug-likeness (QED) is 0.454. The summed E-state index contributed by atoms with van der Waals surface area (Å²) in [5, 5.41) is 0. The van der Waals surface area contributed by atoms with Crippen LogP contribution in [0.2, 0.25) is 0 Å². The maximum Gasteiger partial charge on any atom is 0.305 e. The van der Waals surface area contributed by atoms with Crippen molar-refractivity contribution in [3.8, 4) is 12.3 Å². The number of esters is 1. The average molecular weight is 154 g/mol. The molecule has 0 amide bonds. The molecule has 2 heteroatoms. The van der Waals surface area contributed by atoms with Crippen LogP contribution in [0.25, 0.3) is 0 Å². The van der Waals surface area contributed by atoms with E-state index in [1.165, 1.54) is 7.11 Å². The van der Waals surface area contributed by atoms with Crippen molar-refractivity contribution in [1.29, 1.82) is 0 Å². The third-order valence-corrected chi connectivity index (χ3v) is 1.53. The summed E-state index contributed by atoms with van der Waals surface area (Å²) in [4.78, 5) is 10.6. The Bertz CT molecular complexity index is 155. The summed E-state index contributed by atoms with van der Waals surface area (Å²) in [5.41, 5.74) is 0. The predicted octanol–water partition coefficient (Wildman–Crippen LogP) is 1.60. The van der Waals surface area contributed by atoms with Gasteiger partial charge in [0.15, 0.2) is 0 Å². The predicted molar refractivity (Wildman–Crippen MR) is 43.9 cm³/mol. The second-order valence-electron chi connectivity index (χ2n) is 2.54. The maximum absolute atomic E-state index is 10.6. The van der Waals surface area contributed by atoms with Gasteiger partial charge in [-0.25, -0.2) is 0 Å². The van der Waals surface area contributed by atoms with E-state index in [0.717, 1.165) is 12.8 Å². The van der Waals surface area contributed by atoms with Crippen LogP contribution in [0.5, 0.6) is 0 Å². The lowest BCUT2D eigenvalue weighted by Gasteiger charge is -2.01. The number of ether oxygens (including phenoxy) is 1. The van der Waals surface area contributed by atoms with Crippen molar-refractivity contribution in [3.63, 3.8) is 0 Å². The van der Waals surface area contributed by atoms with Crippen molar-refractivity contribution >= 4 is 5.97 Å². The lowest BCUT2D eigenvalue weighted by atomic mass is 10.1. The molecular weight excluding hydrogens is 140 g/mol. The first-order valence-electron chi connectivity index (χ1n) is 3.73. The minimum Gasteiger partial charge on any atom is -0.469 e. The molecule has 0 heterocycles. The Labute approximate surface area is 67.9 Å². The summed E-state index contributed by atoms with van der Waals surface area (Å²) < 4.78 is 4.48. The Morgan fingerprint density at radius 2 is 2.36 bits per heavy atom. The number of rotatable bonds is 4. The fourth-order valence-electron chi connectivity index (χ4n) is 0.738. The minimum atomic E-state index is -0.158. The molecule has 62 valence electrons. The number of carbonyl (C=O) groups excluding carboxylic acids is 1. The second kappa shape index (κ2) is 5.79. The van der Waals surface area contributed by atoms with Crippen molar-refractivity contribution in [1.82, 2.24) is 0 Å². The Morgan fingerprint density at radius 1 is 1.73 bits per heavy atom. The van der Waals surface area contributed by atoms with Gasteiger partial charge in [0.05, 0.1) is 7.11 Å². The van der Waals surface area contributed by atoms with E-state index in [1.54, 1.807) is 0 Å². The molecule has 0 N–H and O–H groups in total. The van der Waals surface area contributed by atoms with Crippen LogP contribution in [0.3, 0.4) is 0 Å². The molecular formula is C9H14O2. The first kappa shape index (κ1) is 10.0. The van der Waals surface area contributed by atoms with E-state index in [1.807, 2.05) is 6.92 Å². The van der Waals surface area contributed by atoms with Crippen LogP contribution < -0.4 is 0 Å². The largest absolute Gasteiger partial charge is 0.469 e. The fraction of sp³-hybridized carbons (Fsp3) is 0.667. The van der Waals surface area contributed by atoms with Crippen LogP contribution >= 0.6 is 0 Å². The molecule has 0 rings (SSSR count). The highest BCUT2D eigenvalue weighted by atomic mass is 16.5. The van der Waals surface area contributed by atoms with Crippen LogP contribution in [-0.4, -0.2) is 13.1 Å². The maximum atomic E-state index is 10.6. The number of carbonyl (C=O) groups is 1. The van der Waals surface area contributed by atoms with Gasteiger partial charge < -0.3 is 4.74 Å². The summed E-state index contributed by atoms with van der Waals surface area (Å²) in [5.74, 6) is 2.71. The monoisotopic (exact) mass is 154 g/mol. The van der Waals surface area contributed by atoms with Crippen molar-refractivity contribution < 1.29 is 9.53 Å². The molecule has 0 aliphatic carbocycles. The molecule has 0 bridgehead atoms. The highest BCUT2D eigenvalue weighted by Gasteiger charge is 2.01. The van der Waals surface area contributed by atoms with Crippen LogP contribution in [0.15, 0.2) is 0 Å². The number of hydrogen-bond acceptors (Lipinski definition) is 2. The summed E-state index contributed by atoms with van der Waals surface area (Å²) in [6, 6.07) is 0. The van der Waals surface area contributed by atoms with Gasteiger partial charge in [0.2, 0.25) is 0 Å². The highest BCUT2D eigenvalue weighted by molar-refractivity contribution is 5.68. The molecule has 2 nitrogen and oxygen atoms in total. The summed E-state index contributed by atoms with van der Waals surface area (Å²) in [7, 11) is 1.40. The standard InChI is InChI=1S/C9H14O2/c1-4-8(2)6-5-7-9(10)11-3/h1,8H,5-7H2,2-3H3/t8-/m0/s1. The van der Waals surface area contributed by atoms with Crippen molar-refractivity contribution in [3.05, 3.63) is 0 Å². The van der Waals surface area contributed by atoms with E-state index >= 15 is 0 Å². The smallest absolute Gasteiger partial charge is 0.305 e. The molecule has 0 aromatic rings. The first-order valence-corrected chi connectivity index (χ1v) is 3.73. The molecule has 0 saturated carbocycles. The summed E-state index contributed by atoms with van der Waals surface area (Å²) >= 11 is 0. The number of methoxy groups -OCH3 is 1. The van der Waals surface area contributed by atoms with Gasteiger partial charge in [0, 0.05) is 12.3 Å². The van der Waals surface area contributed by atoms with Gasteiger partial charge in [0.25, 0.3) is 0 Å². The van der Waals surface area contributed by atoms with E-state index in [9.17, 15) is 4.79 Å². The lowest BCUT2D eigenvalue weighted by Crippen LogP contribution is -2.00. The number of hydrogen-bond donors (Lipinski definition) is 0. The van der Waals surface area contributed by atoms with Gasteiger partial charge >= 0.3 is 5.97 Å². The SMILES string of the molecule is C#C[C@H](C)CCCC(=O)OC. The Hall–Kier alpha value is -0.970. The zero-order valence-electron chi connectivity index (χ0n) is 7.09. The highest BCUT2D eigenvalue weighted by Crippen LogP contribution is 2.06. The molecule has 0 spiro atoms. The molecule has 1 atom stereocenters. The van der Waals surface area contributed by atoms with Crippen molar-refractivity contribution in [2.75, 3.05) is 7.11 Å². The molecule has 0 aromatic heterocycles. The van der Waals surface area contributed by atoms with Crippen LogP contribution in [0.1, 0.15) is 26.2 Å². The van der Waals surface area contributed by atoms with Gasteiger partial charge in [-0.15, -0.1) is 12.3 Å². The van der Waals surface area contributed by atoms with Crippen LogP contribution in [-0.2, 0) is 9.53 Å². The van der Waals surface area contributed by atoms with Gasteiger partial charge in [-0.2, -0.15) is 0 Å². The molecule has 0 unspecified atom stereocenters. The Kier molecular flexibility index (Phi) is 5.28. The lowest BCUT2D eigenvalue weighted by molar-refractivity contribution is -0.140. The van der Waals surface area contributed by atoms with E-state index in [0.29, 0.717) is 6.42 Å². The Morgan fingerprint density at radius 3 is 2.82 bits per heavy atom. The molecule has 0 aliphatic rings.